The molecule has 1 aromatic carbocycles. The molecule has 2 rings (SSSR count). The number of pyridine rings is 1. The molecule has 90 valence electrons. The summed E-state index contributed by atoms with van der Waals surface area (Å²) in [5, 5.41) is 4.63. The van der Waals surface area contributed by atoms with Crippen molar-refractivity contribution < 1.29 is 0 Å². The summed E-state index contributed by atoms with van der Waals surface area (Å²) in [4.78, 5) is 4.34. The summed E-state index contributed by atoms with van der Waals surface area (Å²) in [6, 6.07) is 10.7. The molecule has 1 N–H and O–H groups in total. The van der Waals surface area contributed by atoms with Crippen LogP contribution in [0.2, 0.25) is 0 Å². The summed E-state index contributed by atoms with van der Waals surface area (Å²) in [6.07, 6.45) is 2.97. The van der Waals surface area contributed by atoms with Crippen molar-refractivity contribution in [2.75, 3.05) is 13.1 Å². The number of rotatable bonds is 5. The lowest BCUT2D eigenvalue weighted by atomic mass is 9.99. The van der Waals surface area contributed by atoms with Gasteiger partial charge in [0.15, 0.2) is 0 Å². The van der Waals surface area contributed by atoms with Gasteiger partial charge in [-0.05, 0) is 49.2 Å². The zero-order valence-electron chi connectivity index (χ0n) is 10.6. The molecule has 0 aliphatic carbocycles. The molecule has 1 unspecified atom stereocenters. The SMILES string of the molecule is CCNCC(C)Cc1ccc2ncccc2c1. The molecule has 0 aliphatic rings. The second-order valence-electron chi connectivity index (χ2n) is 4.65. The molecule has 0 radical (unpaired) electrons. The molecule has 2 heteroatoms. The van der Waals surface area contributed by atoms with Gasteiger partial charge in [-0.25, -0.2) is 0 Å². The first-order valence-electron chi connectivity index (χ1n) is 6.34. The third-order valence-corrected chi connectivity index (χ3v) is 2.99. The first-order valence-corrected chi connectivity index (χ1v) is 6.34. The standard InChI is InChI=1S/C15H20N2/c1-3-16-11-12(2)9-13-6-7-15-14(10-13)5-4-8-17-15/h4-8,10,12,16H,3,9,11H2,1-2H3. The molecule has 1 atom stereocenters. The lowest BCUT2D eigenvalue weighted by Crippen LogP contribution is -2.21. The van der Waals surface area contributed by atoms with Crippen LogP contribution in [0.3, 0.4) is 0 Å². The molecule has 2 aromatic rings. The maximum absolute atomic E-state index is 4.34. The fourth-order valence-electron chi connectivity index (χ4n) is 2.12. The van der Waals surface area contributed by atoms with E-state index in [0.717, 1.165) is 25.0 Å². The van der Waals surface area contributed by atoms with Gasteiger partial charge < -0.3 is 5.32 Å². The molecule has 0 spiro atoms. The van der Waals surface area contributed by atoms with Gasteiger partial charge in [0.2, 0.25) is 0 Å². The topological polar surface area (TPSA) is 24.9 Å². The second kappa shape index (κ2) is 5.78. The highest BCUT2D eigenvalue weighted by atomic mass is 14.8. The lowest BCUT2D eigenvalue weighted by Gasteiger charge is -2.12. The van der Waals surface area contributed by atoms with Crippen molar-refractivity contribution in [2.24, 2.45) is 5.92 Å². The minimum atomic E-state index is 0.670. The molecular weight excluding hydrogens is 208 g/mol. The van der Waals surface area contributed by atoms with Crippen molar-refractivity contribution in [1.82, 2.24) is 10.3 Å². The number of benzene rings is 1. The zero-order valence-corrected chi connectivity index (χ0v) is 10.6. The fourth-order valence-corrected chi connectivity index (χ4v) is 2.12. The highest BCUT2D eigenvalue weighted by molar-refractivity contribution is 5.78. The Balaban J connectivity index is 2.08. The maximum Gasteiger partial charge on any atom is 0.0702 e. The summed E-state index contributed by atoms with van der Waals surface area (Å²) in [5.74, 6) is 0.670. The number of fused-ring (bicyclic) bond motifs is 1. The summed E-state index contributed by atoms with van der Waals surface area (Å²) >= 11 is 0. The van der Waals surface area contributed by atoms with Crippen LogP contribution in [-0.4, -0.2) is 18.1 Å². The molecule has 0 saturated heterocycles. The van der Waals surface area contributed by atoms with Gasteiger partial charge in [0.25, 0.3) is 0 Å². The van der Waals surface area contributed by atoms with Crippen LogP contribution in [0.25, 0.3) is 10.9 Å². The van der Waals surface area contributed by atoms with E-state index in [0.29, 0.717) is 5.92 Å². The van der Waals surface area contributed by atoms with Gasteiger partial charge in [-0.15, -0.1) is 0 Å². The zero-order chi connectivity index (χ0) is 12.1. The Kier molecular flexibility index (Phi) is 4.10. The van der Waals surface area contributed by atoms with E-state index in [2.05, 4.69) is 48.4 Å². The molecule has 1 aromatic heterocycles. The summed E-state index contributed by atoms with van der Waals surface area (Å²) in [5.41, 5.74) is 2.48. The molecule has 0 bridgehead atoms. The van der Waals surface area contributed by atoms with Crippen LogP contribution in [0.1, 0.15) is 19.4 Å². The van der Waals surface area contributed by atoms with Crippen molar-refractivity contribution in [3.8, 4) is 0 Å². The highest BCUT2D eigenvalue weighted by Gasteiger charge is 2.04. The summed E-state index contributed by atoms with van der Waals surface area (Å²) in [7, 11) is 0. The molecule has 0 aliphatic heterocycles. The van der Waals surface area contributed by atoms with Crippen molar-refractivity contribution in [3.63, 3.8) is 0 Å². The van der Waals surface area contributed by atoms with Crippen LogP contribution >= 0.6 is 0 Å². The van der Waals surface area contributed by atoms with E-state index < -0.39 is 0 Å². The first kappa shape index (κ1) is 12.1. The molecular formula is C15H20N2. The molecule has 1 heterocycles. The van der Waals surface area contributed by atoms with Crippen LogP contribution in [0.4, 0.5) is 0 Å². The predicted molar refractivity (Wildman–Crippen MR) is 73.2 cm³/mol. The van der Waals surface area contributed by atoms with E-state index in [1.54, 1.807) is 0 Å². The Morgan fingerprint density at radius 2 is 2.18 bits per heavy atom. The molecule has 0 saturated carbocycles. The van der Waals surface area contributed by atoms with Crippen LogP contribution in [0.15, 0.2) is 36.5 Å². The van der Waals surface area contributed by atoms with E-state index in [1.165, 1.54) is 10.9 Å². The Bertz CT molecular complexity index is 479. The van der Waals surface area contributed by atoms with Crippen LogP contribution in [0, 0.1) is 5.92 Å². The smallest absolute Gasteiger partial charge is 0.0702 e. The largest absolute Gasteiger partial charge is 0.317 e. The van der Waals surface area contributed by atoms with Gasteiger partial charge in [0, 0.05) is 11.6 Å². The van der Waals surface area contributed by atoms with Crippen LogP contribution in [-0.2, 0) is 6.42 Å². The van der Waals surface area contributed by atoms with Crippen molar-refractivity contribution in [2.45, 2.75) is 20.3 Å². The summed E-state index contributed by atoms with van der Waals surface area (Å²) in [6.45, 7) is 6.57. The second-order valence-corrected chi connectivity index (χ2v) is 4.65. The van der Waals surface area contributed by atoms with E-state index in [1.807, 2.05) is 12.3 Å². The monoisotopic (exact) mass is 228 g/mol. The Hall–Kier alpha value is -1.41. The third-order valence-electron chi connectivity index (χ3n) is 2.99. The molecule has 0 amide bonds. The first-order chi connectivity index (χ1) is 8.29. The quantitative estimate of drug-likeness (QED) is 0.851. The normalized spacial score (nSPS) is 12.8. The van der Waals surface area contributed by atoms with E-state index in [4.69, 9.17) is 0 Å². The number of hydrogen-bond donors (Lipinski definition) is 1. The van der Waals surface area contributed by atoms with Crippen molar-refractivity contribution in [3.05, 3.63) is 42.1 Å². The summed E-state index contributed by atoms with van der Waals surface area (Å²) < 4.78 is 0. The average Bonchev–Trinajstić information content (AvgIpc) is 2.36. The van der Waals surface area contributed by atoms with Gasteiger partial charge in [0.05, 0.1) is 5.52 Å². The Morgan fingerprint density at radius 3 is 3.00 bits per heavy atom. The van der Waals surface area contributed by atoms with E-state index in [-0.39, 0.29) is 0 Å². The lowest BCUT2D eigenvalue weighted by molar-refractivity contribution is 0.521. The van der Waals surface area contributed by atoms with E-state index in [9.17, 15) is 0 Å². The average molecular weight is 228 g/mol. The number of hydrogen-bond acceptors (Lipinski definition) is 2. The fraction of sp³-hybridized carbons (Fsp3) is 0.400. The van der Waals surface area contributed by atoms with E-state index >= 15 is 0 Å². The van der Waals surface area contributed by atoms with Crippen LogP contribution < -0.4 is 5.32 Å². The minimum absolute atomic E-state index is 0.670. The Labute approximate surface area is 103 Å². The van der Waals surface area contributed by atoms with Crippen LogP contribution in [0.5, 0.6) is 0 Å². The van der Waals surface area contributed by atoms with Gasteiger partial charge >= 0.3 is 0 Å². The molecule has 2 nitrogen and oxygen atoms in total. The number of aromatic nitrogens is 1. The minimum Gasteiger partial charge on any atom is -0.317 e. The van der Waals surface area contributed by atoms with Gasteiger partial charge in [-0.2, -0.15) is 0 Å². The highest BCUT2D eigenvalue weighted by Crippen LogP contribution is 2.15. The third kappa shape index (κ3) is 3.27. The van der Waals surface area contributed by atoms with Gasteiger partial charge in [0.1, 0.15) is 0 Å². The van der Waals surface area contributed by atoms with Gasteiger partial charge in [-0.3, -0.25) is 4.98 Å². The predicted octanol–water partition coefficient (Wildman–Crippen LogP) is 3.02. The van der Waals surface area contributed by atoms with Crippen molar-refractivity contribution in [1.29, 1.82) is 0 Å². The number of nitrogens with one attached hydrogen (secondary N) is 1. The molecule has 0 fully saturated rings. The maximum atomic E-state index is 4.34. The van der Waals surface area contributed by atoms with Crippen molar-refractivity contribution >= 4 is 10.9 Å². The number of nitrogens with zero attached hydrogens (tertiary/aromatic N) is 1. The Morgan fingerprint density at radius 1 is 1.29 bits per heavy atom. The van der Waals surface area contributed by atoms with Gasteiger partial charge in [-0.1, -0.05) is 26.0 Å². The molecule has 17 heavy (non-hydrogen) atoms.